The summed E-state index contributed by atoms with van der Waals surface area (Å²) in [6.07, 6.45) is 0.140. The average Bonchev–Trinajstić information content (AvgIpc) is 2.66. The lowest BCUT2D eigenvalue weighted by atomic mass is 10.1. The fraction of sp³-hybridized carbons (Fsp3) is 0.333. The molecule has 1 N–H and O–H groups in total. The Morgan fingerprint density at radius 1 is 1.04 bits per heavy atom. The van der Waals surface area contributed by atoms with E-state index in [0.29, 0.717) is 30.2 Å². The van der Waals surface area contributed by atoms with E-state index in [2.05, 4.69) is 5.32 Å². The lowest BCUT2D eigenvalue weighted by molar-refractivity contribution is -0.119. The highest BCUT2D eigenvalue weighted by atomic mass is 16.5. The molecule has 0 radical (unpaired) electrons. The standard InChI is InChI=1S/C21H25NO5/c1-4-25-19-8-6-5-7-18(19)22-20(23)14-27-21(24)17-11-9-16(10-12-17)13-26-15(2)3/h5-12,15H,4,13-14H2,1-3H3,(H,22,23). The number of carbonyl (C=O) groups excluding carboxylic acids is 2. The number of para-hydroxylation sites is 2. The number of nitrogens with one attached hydrogen (secondary N) is 1. The van der Waals surface area contributed by atoms with Crippen LogP contribution >= 0.6 is 0 Å². The molecule has 2 aromatic carbocycles. The third-order valence-electron chi connectivity index (χ3n) is 3.57. The Morgan fingerprint density at radius 3 is 2.41 bits per heavy atom. The first-order chi connectivity index (χ1) is 13.0. The molecule has 0 saturated carbocycles. The Balaban J connectivity index is 1.85. The second-order valence-corrected chi connectivity index (χ2v) is 6.11. The molecule has 0 fully saturated rings. The molecule has 0 spiro atoms. The van der Waals surface area contributed by atoms with E-state index in [1.165, 1.54) is 0 Å². The summed E-state index contributed by atoms with van der Waals surface area (Å²) >= 11 is 0. The maximum absolute atomic E-state index is 12.1. The molecule has 0 aliphatic rings. The van der Waals surface area contributed by atoms with Crippen LogP contribution in [0.3, 0.4) is 0 Å². The first kappa shape index (κ1) is 20.5. The smallest absolute Gasteiger partial charge is 0.338 e. The van der Waals surface area contributed by atoms with Gasteiger partial charge in [0.15, 0.2) is 6.61 Å². The second kappa shape index (κ2) is 10.3. The highest BCUT2D eigenvalue weighted by Gasteiger charge is 2.12. The molecule has 0 bridgehead atoms. The first-order valence-corrected chi connectivity index (χ1v) is 8.89. The van der Waals surface area contributed by atoms with Crippen molar-refractivity contribution in [3.05, 3.63) is 59.7 Å². The van der Waals surface area contributed by atoms with Crippen molar-refractivity contribution in [2.75, 3.05) is 18.5 Å². The predicted molar refractivity (Wildman–Crippen MR) is 103 cm³/mol. The summed E-state index contributed by atoms with van der Waals surface area (Å²) in [5.74, 6) is -0.420. The second-order valence-electron chi connectivity index (χ2n) is 6.11. The van der Waals surface area contributed by atoms with Crippen molar-refractivity contribution in [2.24, 2.45) is 0 Å². The van der Waals surface area contributed by atoms with Gasteiger partial charge in [-0.2, -0.15) is 0 Å². The minimum absolute atomic E-state index is 0.140. The largest absolute Gasteiger partial charge is 0.492 e. The van der Waals surface area contributed by atoms with Gasteiger partial charge < -0.3 is 19.5 Å². The minimum atomic E-state index is -0.556. The lowest BCUT2D eigenvalue weighted by Crippen LogP contribution is -2.21. The summed E-state index contributed by atoms with van der Waals surface area (Å²) in [5, 5.41) is 2.68. The SMILES string of the molecule is CCOc1ccccc1NC(=O)COC(=O)c1ccc(COC(C)C)cc1. The molecule has 0 unspecified atom stereocenters. The molecule has 144 valence electrons. The van der Waals surface area contributed by atoms with Crippen LogP contribution in [0.25, 0.3) is 0 Å². The average molecular weight is 371 g/mol. The summed E-state index contributed by atoms with van der Waals surface area (Å²) in [4.78, 5) is 24.1. The number of ether oxygens (including phenoxy) is 3. The molecule has 1 amide bonds. The van der Waals surface area contributed by atoms with Crippen LogP contribution < -0.4 is 10.1 Å². The number of hydrogen-bond acceptors (Lipinski definition) is 5. The molecule has 6 nitrogen and oxygen atoms in total. The van der Waals surface area contributed by atoms with Crippen molar-refractivity contribution in [2.45, 2.75) is 33.5 Å². The van der Waals surface area contributed by atoms with Gasteiger partial charge in [0.2, 0.25) is 0 Å². The van der Waals surface area contributed by atoms with Crippen molar-refractivity contribution in [3.63, 3.8) is 0 Å². The molecule has 0 aromatic heterocycles. The van der Waals surface area contributed by atoms with Gasteiger partial charge in [-0.25, -0.2) is 4.79 Å². The molecular weight excluding hydrogens is 346 g/mol. The van der Waals surface area contributed by atoms with Gasteiger partial charge in [0.1, 0.15) is 5.75 Å². The van der Waals surface area contributed by atoms with Crippen LogP contribution in [0, 0.1) is 0 Å². The third kappa shape index (κ3) is 6.75. The maximum atomic E-state index is 12.1. The van der Waals surface area contributed by atoms with Gasteiger partial charge >= 0.3 is 5.97 Å². The van der Waals surface area contributed by atoms with E-state index in [1.807, 2.05) is 26.8 Å². The minimum Gasteiger partial charge on any atom is -0.492 e. The summed E-state index contributed by atoms with van der Waals surface area (Å²) in [7, 11) is 0. The fourth-order valence-electron chi connectivity index (χ4n) is 2.25. The van der Waals surface area contributed by atoms with E-state index in [-0.39, 0.29) is 12.7 Å². The maximum Gasteiger partial charge on any atom is 0.338 e. The zero-order valence-corrected chi connectivity index (χ0v) is 15.9. The molecule has 6 heteroatoms. The van der Waals surface area contributed by atoms with E-state index in [4.69, 9.17) is 14.2 Å². The number of anilines is 1. The topological polar surface area (TPSA) is 73.9 Å². The number of hydrogen-bond donors (Lipinski definition) is 1. The van der Waals surface area contributed by atoms with Crippen molar-refractivity contribution in [1.82, 2.24) is 0 Å². The number of carbonyl (C=O) groups is 2. The van der Waals surface area contributed by atoms with Crippen LogP contribution in [-0.2, 0) is 20.9 Å². The van der Waals surface area contributed by atoms with Crippen LogP contribution in [0.5, 0.6) is 5.75 Å². The molecule has 27 heavy (non-hydrogen) atoms. The summed E-state index contributed by atoms with van der Waals surface area (Å²) in [6, 6.07) is 14.0. The normalized spacial score (nSPS) is 10.5. The van der Waals surface area contributed by atoms with Gasteiger partial charge in [-0.05, 0) is 50.6 Å². The zero-order valence-electron chi connectivity index (χ0n) is 15.9. The van der Waals surface area contributed by atoms with E-state index in [0.717, 1.165) is 5.56 Å². The number of benzene rings is 2. The van der Waals surface area contributed by atoms with Gasteiger partial charge in [-0.1, -0.05) is 24.3 Å². The fourth-order valence-corrected chi connectivity index (χ4v) is 2.25. The van der Waals surface area contributed by atoms with E-state index in [9.17, 15) is 9.59 Å². The van der Waals surface area contributed by atoms with Crippen molar-refractivity contribution in [1.29, 1.82) is 0 Å². The van der Waals surface area contributed by atoms with E-state index < -0.39 is 11.9 Å². The monoisotopic (exact) mass is 371 g/mol. The summed E-state index contributed by atoms with van der Waals surface area (Å²) in [5.41, 5.74) is 1.88. The van der Waals surface area contributed by atoms with Crippen LogP contribution in [0.2, 0.25) is 0 Å². The molecule has 2 rings (SSSR count). The zero-order chi connectivity index (χ0) is 19.6. The van der Waals surface area contributed by atoms with Crippen molar-refractivity contribution >= 4 is 17.6 Å². The summed E-state index contributed by atoms with van der Waals surface area (Å²) in [6.45, 7) is 6.37. The summed E-state index contributed by atoms with van der Waals surface area (Å²) < 4.78 is 16.0. The van der Waals surface area contributed by atoms with Gasteiger partial charge in [-0.15, -0.1) is 0 Å². The number of rotatable bonds is 9. The first-order valence-electron chi connectivity index (χ1n) is 8.89. The molecule has 0 heterocycles. The molecule has 0 aliphatic heterocycles. The Kier molecular flexibility index (Phi) is 7.82. The predicted octanol–water partition coefficient (Wildman–Crippen LogP) is 3.81. The lowest BCUT2D eigenvalue weighted by Gasteiger charge is -2.11. The Labute approximate surface area is 159 Å². The highest BCUT2D eigenvalue weighted by Crippen LogP contribution is 2.23. The highest BCUT2D eigenvalue weighted by molar-refractivity contribution is 5.96. The van der Waals surface area contributed by atoms with Crippen LogP contribution in [0.4, 0.5) is 5.69 Å². The van der Waals surface area contributed by atoms with Crippen molar-refractivity contribution < 1.29 is 23.8 Å². The Morgan fingerprint density at radius 2 is 1.74 bits per heavy atom. The van der Waals surface area contributed by atoms with E-state index in [1.54, 1.807) is 42.5 Å². The van der Waals surface area contributed by atoms with E-state index >= 15 is 0 Å². The Hall–Kier alpha value is -2.86. The van der Waals surface area contributed by atoms with Gasteiger partial charge in [0.25, 0.3) is 5.91 Å². The molecule has 0 aliphatic carbocycles. The molecule has 0 saturated heterocycles. The molecular formula is C21H25NO5. The molecule has 0 atom stereocenters. The van der Waals surface area contributed by atoms with Crippen molar-refractivity contribution in [3.8, 4) is 5.75 Å². The number of amides is 1. The van der Waals surface area contributed by atoms with Crippen LogP contribution in [0.1, 0.15) is 36.7 Å². The van der Waals surface area contributed by atoms with Gasteiger partial charge in [-0.3, -0.25) is 4.79 Å². The van der Waals surface area contributed by atoms with Crippen LogP contribution in [-0.4, -0.2) is 31.2 Å². The molecule has 2 aromatic rings. The van der Waals surface area contributed by atoms with Crippen LogP contribution in [0.15, 0.2) is 48.5 Å². The van der Waals surface area contributed by atoms with Gasteiger partial charge in [0.05, 0.1) is 30.6 Å². The number of esters is 1. The van der Waals surface area contributed by atoms with Gasteiger partial charge in [0, 0.05) is 0 Å². The third-order valence-corrected chi connectivity index (χ3v) is 3.57. The quantitative estimate of drug-likeness (QED) is 0.679. The Bertz CT molecular complexity index is 755.